The van der Waals surface area contributed by atoms with Crippen molar-refractivity contribution in [3.05, 3.63) is 65.9 Å². The zero-order valence-corrected chi connectivity index (χ0v) is 21.5. The summed E-state index contributed by atoms with van der Waals surface area (Å²) in [6.45, 7) is 1.71. The van der Waals surface area contributed by atoms with Gasteiger partial charge in [-0.25, -0.2) is 9.97 Å². The van der Waals surface area contributed by atoms with Crippen molar-refractivity contribution < 1.29 is 9.47 Å². The van der Waals surface area contributed by atoms with Crippen molar-refractivity contribution in [2.75, 3.05) is 36.9 Å². The Morgan fingerprint density at radius 1 is 0.972 bits per heavy atom. The molecule has 0 radical (unpaired) electrons. The average Bonchev–Trinajstić information content (AvgIpc) is 3.36. The molecule has 1 aliphatic heterocycles. The van der Waals surface area contributed by atoms with Gasteiger partial charge < -0.3 is 14.4 Å². The zero-order valence-electron chi connectivity index (χ0n) is 20.0. The number of nitrogens with one attached hydrogen (secondary N) is 1. The van der Waals surface area contributed by atoms with Crippen LogP contribution in [0.5, 0.6) is 11.5 Å². The van der Waals surface area contributed by atoms with E-state index >= 15 is 0 Å². The molecule has 1 saturated heterocycles. The number of methoxy groups -OCH3 is 2. The van der Waals surface area contributed by atoms with E-state index in [1.54, 1.807) is 38.6 Å². The highest BCUT2D eigenvalue weighted by molar-refractivity contribution is 8.01. The number of hydrogen-bond acceptors (Lipinski definition) is 9. The van der Waals surface area contributed by atoms with Gasteiger partial charge in [0.1, 0.15) is 17.2 Å². The fraction of sp³-hybridized carbons (Fsp3) is 0.280. The van der Waals surface area contributed by atoms with Gasteiger partial charge in [-0.05, 0) is 36.9 Å². The van der Waals surface area contributed by atoms with Gasteiger partial charge in [0.05, 0.1) is 31.6 Å². The second kappa shape index (κ2) is 11.0. The predicted octanol–water partition coefficient (Wildman–Crippen LogP) is 5.12. The molecule has 186 valence electrons. The van der Waals surface area contributed by atoms with Crippen LogP contribution in [0.3, 0.4) is 0 Å². The maximum absolute atomic E-state index is 5.96. The molecule has 1 fully saturated rings. The summed E-state index contributed by atoms with van der Waals surface area (Å²) in [5.74, 6) is 3.27. The van der Waals surface area contributed by atoms with Gasteiger partial charge in [0.25, 0.3) is 0 Å². The van der Waals surface area contributed by atoms with E-state index in [1.807, 2.05) is 53.1 Å². The number of anilines is 2. The number of halogens is 1. The third-order valence-electron chi connectivity index (χ3n) is 5.91. The van der Waals surface area contributed by atoms with Crippen LogP contribution in [0.15, 0.2) is 60.9 Å². The first-order chi connectivity index (χ1) is 17.7. The molecule has 0 aliphatic carbocycles. The number of nitrogens with zero attached hydrogens (tertiary/aromatic N) is 6. The molecule has 0 bridgehead atoms. The first-order valence-corrected chi connectivity index (χ1v) is 12.8. The van der Waals surface area contributed by atoms with E-state index in [2.05, 4.69) is 29.8 Å². The molecule has 9 nitrogen and oxygen atoms in total. The third kappa shape index (κ3) is 5.05. The summed E-state index contributed by atoms with van der Waals surface area (Å²) in [5, 5.41) is 9.86. The second-order valence-electron chi connectivity index (χ2n) is 8.19. The molecule has 2 aromatic heterocycles. The number of hydrogen-bond donors (Lipinski definition) is 1. The lowest BCUT2D eigenvalue weighted by Gasteiger charge is -2.32. The van der Waals surface area contributed by atoms with E-state index in [0.717, 1.165) is 37.2 Å². The Hall–Kier alpha value is -3.50. The summed E-state index contributed by atoms with van der Waals surface area (Å²) in [7, 11) is 3.28. The highest BCUT2D eigenvalue weighted by atomic mass is 35.5. The first kappa shape index (κ1) is 24.2. The molecule has 36 heavy (non-hydrogen) atoms. The number of rotatable bonds is 8. The molecule has 0 spiro atoms. The van der Waals surface area contributed by atoms with E-state index < -0.39 is 0 Å². The van der Waals surface area contributed by atoms with E-state index in [9.17, 15) is 0 Å². The fourth-order valence-corrected chi connectivity index (χ4v) is 5.25. The SMILES string of the molecule is COc1cccc(OC)c1-n1c(NSC2CCCN(c3ncc(Cl)cn3)C2)nnc1-c1ccccc1. The summed E-state index contributed by atoms with van der Waals surface area (Å²) in [4.78, 5) is 10.9. The van der Waals surface area contributed by atoms with Gasteiger partial charge >= 0.3 is 0 Å². The standard InChI is InChI=1S/C25H26ClN7O2S/c1-34-20-11-6-12-21(35-2)22(20)33-23(17-8-4-3-5-9-17)29-30-25(33)31-36-19-10-7-13-32(16-19)24-27-14-18(26)15-28-24/h3-6,8-9,11-12,14-15,19H,7,10,13,16H2,1-2H3,(H,30,31). The minimum Gasteiger partial charge on any atom is -0.494 e. The summed E-state index contributed by atoms with van der Waals surface area (Å²) in [6, 6.07) is 15.6. The Bertz CT molecular complexity index is 1280. The molecule has 5 rings (SSSR count). The van der Waals surface area contributed by atoms with Crippen LogP contribution >= 0.6 is 23.5 Å². The maximum Gasteiger partial charge on any atom is 0.239 e. The molecule has 2 aromatic carbocycles. The van der Waals surface area contributed by atoms with Gasteiger partial charge in [0.2, 0.25) is 11.9 Å². The van der Waals surface area contributed by atoms with Crippen LogP contribution in [0, 0.1) is 0 Å². The van der Waals surface area contributed by atoms with E-state index in [4.69, 9.17) is 21.1 Å². The van der Waals surface area contributed by atoms with Gasteiger partial charge in [-0.15, -0.1) is 10.2 Å². The molecule has 4 aromatic rings. The average molecular weight is 524 g/mol. The molecular weight excluding hydrogens is 498 g/mol. The normalized spacial score (nSPS) is 15.5. The molecule has 1 N–H and O–H groups in total. The Balaban J connectivity index is 1.44. The Kier molecular flexibility index (Phi) is 7.43. The number of para-hydroxylation sites is 1. The van der Waals surface area contributed by atoms with E-state index in [-0.39, 0.29) is 0 Å². The molecule has 1 aliphatic rings. The van der Waals surface area contributed by atoms with Crippen molar-refractivity contribution in [3.63, 3.8) is 0 Å². The quantitative estimate of drug-likeness (QED) is 0.316. The van der Waals surface area contributed by atoms with Gasteiger partial charge in [-0.2, -0.15) is 0 Å². The number of aromatic nitrogens is 5. The van der Waals surface area contributed by atoms with Crippen LogP contribution in [0.4, 0.5) is 11.9 Å². The largest absolute Gasteiger partial charge is 0.494 e. The van der Waals surface area contributed by atoms with Crippen molar-refractivity contribution in [3.8, 4) is 28.6 Å². The van der Waals surface area contributed by atoms with Crippen LogP contribution in [0.1, 0.15) is 12.8 Å². The van der Waals surface area contributed by atoms with Crippen LogP contribution in [0.2, 0.25) is 5.02 Å². The summed E-state index contributed by atoms with van der Waals surface area (Å²) < 4.78 is 16.8. The van der Waals surface area contributed by atoms with Crippen molar-refractivity contribution >= 4 is 35.4 Å². The molecule has 0 saturated carbocycles. The van der Waals surface area contributed by atoms with Gasteiger partial charge in [0, 0.05) is 23.9 Å². The van der Waals surface area contributed by atoms with Gasteiger partial charge in [-0.1, -0.05) is 48.0 Å². The monoisotopic (exact) mass is 523 g/mol. The van der Waals surface area contributed by atoms with Crippen LogP contribution in [-0.4, -0.2) is 57.3 Å². The lowest BCUT2D eigenvalue weighted by molar-refractivity contribution is 0.391. The first-order valence-electron chi connectivity index (χ1n) is 11.5. The topological polar surface area (TPSA) is 90.2 Å². The molecule has 0 amide bonds. The zero-order chi connectivity index (χ0) is 24.9. The van der Waals surface area contributed by atoms with Crippen LogP contribution < -0.4 is 19.1 Å². The molecule has 11 heteroatoms. The van der Waals surface area contributed by atoms with Crippen LogP contribution in [0.25, 0.3) is 17.1 Å². The smallest absolute Gasteiger partial charge is 0.239 e. The highest BCUT2D eigenvalue weighted by Gasteiger charge is 2.26. The van der Waals surface area contributed by atoms with Crippen molar-refractivity contribution in [2.45, 2.75) is 18.1 Å². The number of ether oxygens (including phenoxy) is 2. The van der Waals surface area contributed by atoms with Crippen molar-refractivity contribution in [1.82, 2.24) is 24.7 Å². The third-order valence-corrected chi connectivity index (χ3v) is 7.12. The maximum atomic E-state index is 5.96. The molecule has 3 heterocycles. The van der Waals surface area contributed by atoms with Crippen molar-refractivity contribution in [1.29, 1.82) is 0 Å². The molecule has 1 unspecified atom stereocenters. The summed E-state index contributed by atoms with van der Waals surface area (Å²) in [6.07, 6.45) is 5.35. The van der Waals surface area contributed by atoms with E-state index in [1.165, 1.54) is 0 Å². The Labute approximate surface area is 219 Å². The van der Waals surface area contributed by atoms with Gasteiger partial charge in [0.15, 0.2) is 5.82 Å². The minimum absolute atomic E-state index is 0.294. The highest BCUT2D eigenvalue weighted by Crippen LogP contribution is 2.38. The fourth-order valence-electron chi connectivity index (χ4n) is 4.21. The Morgan fingerprint density at radius 2 is 1.69 bits per heavy atom. The lowest BCUT2D eigenvalue weighted by atomic mass is 10.1. The van der Waals surface area contributed by atoms with Crippen LogP contribution in [-0.2, 0) is 0 Å². The van der Waals surface area contributed by atoms with Gasteiger partial charge in [-0.3, -0.25) is 9.29 Å². The summed E-state index contributed by atoms with van der Waals surface area (Å²) >= 11 is 7.58. The van der Waals surface area contributed by atoms with E-state index in [0.29, 0.717) is 39.5 Å². The lowest BCUT2D eigenvalue weighted by Crippen LogP contribution is -2.38. The van der Waals surface area contributed by atoms with Crippen molar-refractivity contribution in [2.24, 2.45) is 0 Å². The number of piperidine rings is 1. The molecular formula is C25H26ClN7O2S. The predicted molar refractivity (Wildman–Crippen MR) is 143 cm³/mol. The Morgan fingerprint density at radius 3 is 2.39 bits per heavy atom. The number of benzene rings is 2. The minimum atomic E-state index is 0.294. The molecule has 1 atom stereocenters. The summed E-state index contributed by atoms with van der Waals surface area (Å²) in [5.41, 5.74) is 1.66. The second-order valence-corrected chi connectivity index (χ2v) is 9.73.